The van der Waals surface area contributed by atoms with Crippen LogP contribution in [-0.2, 0) is 11.3 Å². The zero-order chi connectivity index (χ0) is 18.8. The minimum Gasteiger partial charge on any atom is -0.467 e. The molecule has 4 rings (SSSR count). The SMILES string of the molecule is Cc1ccc2nc(C)c(C(=O)N(Cc3ccco3)CC3CCCO3)cc2c1. The number of aryl methyl sites for hydroxylation is 2. The first-order valence-electron chi connectivity index (χ1n) is 9.41. The predicted molar refractivity (Wildman–Crippen MR) is 104 cm³/mol. The summed E-state index contributed by atoms with van der Waals surface area (Å²) in [7, 11) is 0. The average molecular weight is 364 g/mol. The summed E-state index contributed by atoms with van der Waals surface area (Å²) in [6.45, 7) is 5.69. The predicted octanol–water partition coefficient (Wildman–Crippen LogP) is 4.27. The Balaban J connectivity index is 1.66. The van der Waals surface area contributed by atoms with Crippen LogP contribution >= 0.6 is 0 Å². The van der Waals surface area contributed by atoms with Crippen LogP contribution in [0.4, 0.5) is 0 Å². The molecule has 1 aliphatic heterocycles. The number of aromatic nitrogens is 1. The van der Waals surface area contributed by atoms with Crippen LogP contribution in [0.1, 0.15) is 40.2 Å². The Bertz CT molecular complexity index is 944. The van der Waals surface area contributed by atoms with Gasteiger partial charge in [-0.15, -0.1) is 0 Å². The summed E-state index contributed by atoms with van der Waals surface area (Å²) in [5.41, 5.74) is 3.44. The van der Waals surface area contributed by atoms with Crippen LogP contribution in [0.5, 0.6) is 0 Å². The number of furan rings is 1. The number of ether oxygens (including phenoxy) is 1. The Kier molecular flexibility index (Phi) is 4.94. The van der Waals surface area contributed by atoms with Gasteiger partial charge in [-0.3, -0.25) is 9.78 Å². The normalized spacial score (nSPS) is 16.7. The Morgan fingerprint density at radius 2 is 2.15 bits per heavy atom. The third-order valence-electron chi connectivity index (χ3n) is 5.05. The van der Waals surface area contributed by atoms with Gasteiger partial charge < -0.3 is 14.1 Å². The van der Waals surface area contributed by atoms with E-state index in [1.165, 1.54) is 0 Å². The van der Waals surface area contributed by atoms with Crippen LogP contribution < -0.4 is 0 Å². The zero-order valence-corrected chi connectivity index (χ0v) is 15.8. The topological polar surface area (TPSA) is 55.6 Å². The van der Waals surface area contributed by atoms with Crippen LogP contribution in [0.15, 0.2) is 47.1 Å². The van der Waals surface area contributed by atoms with Gasteiger partial charge in [-0.05, 0) is 57.0 Å². The van der Waals surface area contributed by atoms with E-state index < -0.39 is 0 Å². The summed E-state index contributed by atoms with van der Waals surface area (Å²) in [6.07, 6.45) is 3.74. The molecule has 1 saturated heterocycles. The molecule has 3 heterocycles. The summed E-state index contributed by atoms with van der Waals surface area (Å²) in [4.78, 5) is 19.9. The molecule has 0 bridgehead atoms. The number of hydrogen-bond acceptors (Lipinski definition) is 4. The van der Waals surface area contributed by atoms with Crippen molar-refractivity contribution in [3.05, 3.63) is 65.2 Å². The molecular formula is C22H24N2O3. The van der Waals surface area contributed by atoms with Crippen molar-refractivity contribution in [2.45, 2.75) is 39.3 Å². The Morgan fingerprint density at radius 3 is 2.89 bits per heavy atom. The fraction of sp³-hybridized carbons (Fsp3) is 0.364. The van der Waals surface area contributed by atoms with E-state index in [1.54, 1.807) is 6.26 Å². The number of rotatable bonds is 5. The first-order chi connectivity index (χ1) is 13.1. The van der Waals surface area contributed by atoms with Crippen molar-refractivity contribution in [2.75, 3.05) is 13.2 Å². The molecule has 1 fully saturated rings. The zero-order valence-electron chi connectivity index (χ0n) is 15.8. The third-order valence-corrected chi connectivity index (χ3v) is 5.05. The number of carbonyl (C=O) groups is 1. The molecule has 2 aromatic heterocycles. The fourth-order valence-electron chi connectivity index (χ4n) is 3.62. The van der Waals surface area contributed by atoms with Gasteiger partial charge in [0.1, 0.15) is 5.76 Å². The van der Waals surface area contributed by atoms with E-state index in [4.69, 9.17) is 9.15 Å². The summed E-state index contributed by atoms with van der Waals surface area (Å²) >= 11 is 0. The lowest BCUT2D eigenvalue weighted by Crippen LogP contribution is -2.37. The monoisotopic (exact) mass is 364 g/mol. The molecule has 1 atom stereocenters. The molecule has 1 amide bonds. The molecule has 0 spiro atoms. The highest BCUT2D eigenvalue weighted by molar-refractivity contribution is 5.98. The van der Waals surface area contributed by atoms with Crippen LogP contribution in [-0.4, -0.2) is 35.0 Å². The highest BCUT2D eigenvalue weighted by Crippen LogP contribution is 2.22. The number of hydrogen-bond donors (Lipinski definition) is 0. The van der Waals surface area contributed by atoms with E-state index >= 15 is 0 Å². The number of amides is 1. The second-order valence-corrected chi connectivity index (χ2v) is 7.22. The molecule has 1 aliphatic rings. The smallest absolute Gasteiger partial charge is 0.256 e. The molecule has 27 heavy (non-hydrogen) atoms. The minimum absolute atomic E-state index is 0.0321. The summed E-state index contributed by atoms with van der Waals surface area (Å²) in [5, 5.41) is 0.985. The van der Waals surface area contributed by atoms with Crippen molar-refractivity contribution >= 4 is 16.8 Å². The molecule has 0 aliphatic carbocycles. The molecule has 5 nitrogen and oxygen atoms in total. The molecule has 0 radical (unpaired) electrons. The molecule has 1 unspecified atom stereocenters. The largest absolute Gasteiger partial charge is 0.467 e. The first kappa shape index (κ1) is 17.7. The van der Waals surface area contributed by atoms with E-state index in [9.17, 15) is 4.79 Å². The van der Waals surface area contributed by atoms with E-state index in [0.29, 0.717) is 18.7 Å². The van der Waals surface area contributed by atoms with Crippen LogP contribution in [0.2, 0.25) is 0 Å². The van der Waals surface area contributed by atoms with Gasteiger partial charge >= 0.3 is 0 Å². The Hall–Kier alpha value is -2.66. The number of pyridine rings is 1. The number of fused-ring (bicyclic) bond motifs is 1. The van der Waals surface area contributed by atoms with Gasteiger partial charge in [0, 0.05) is 18.5 Å². The molecule has 1 aromatic carbocycles. The number of carbonyl (C=O) groups excluding carboxylic acids is 1. The van der Waals surface area contributed by atoms with Crippen molar-refractivity contribution in [2.24, 2.45) is 0 Å². The second-order valence-electron chi connectivity index (χ2n) is 7.22. The lowest BCUT2D eigenvalue weighted by atomic mass is 10.1. The van der Waals surface area contributed by atoms with Gasteiger partial charge in [0.2, 0.25) is 0 Å². The highest BCUT2D eigenvalue weighted by atomic mass is 16.5. The molecule has 0 N–H and O–H groups in total. The highest BCUT2D eigenvalue weighted by Gasteiger charge is 2.25. The molecule has 5 heteroatoms. The summed E-state index contributed by atoms with van der Waals surface area (Å²) < 4.78 is 11.2. The molecule has 140 valence electrons. The lowest BCUT2D eigenvalue weighted by molar-refractivity contribution is 0.0491. The van der Waals surface area contributed by atoms with E-state index in [-0.39, 0.29) is 12.0 Å². The van der Waals surface area contributed by atoms with Crippen molar-refractivity contribution in [3.63, 3.8) is 0 Å². The van der Waals surface area contributed by atoms with Crippen molar-refractivity contribution in [3.8, 4) is 0 Å². The van der Waals surface area contributed by atoms with Gasteiger partial charge in [0.05, 0.1) is 35.7 Å². The summed E-state index contributed by atoms with van der Waals surface area (Å²) in [6, 6.07) is 11.8. The van der Waals surface area contributed by atoms with Gasteiger partial charge in [-0.25, -0.2) is 0 Å². The Labute approximate surface area is 158 Å². The van der Waals surface area contributed by atoms with E-state index in [0.717, 1.165) is 47.4 Å². The van der Waals surface area contributed by atoms with Gasteiger partial charge in [-0.2, -0.15) is 0 Å². The quantitative estimate of drug-likeness (QED) is 0.678. The molecule has 0 saturated carbocycles. The van der Waals surface area contributed by atoms with Crippen molar-refractivity contribution in [1.82, 2.24) is 9.88 Å². The van der Waals surface area contributed by atoms with Gasteiger partial charge in [0.25, 0.3) is 5.91 Å². The number of benzene rings is 1. The fourth-order valence-corrected chi connectivity index (χ4v) is 3.62. The van der Waals surface area contributed by atoms with E-state index in [2.05, 4.69) is 11.1 Å². The Morgan fingerprint density at radius 1 is 1.26 bits per heavy atom. The van der Waals surface area contributed by atoms with Gasteiger partial charge in [0.15, 0.2) is 0 Å². The van der Waals surface area contributed by atoms with Crippen molar-refractivity contribution in [1.29, 1.82) is 0 Å². The lowest BCUT2D eigenvalue weighted by Gasteiger charge is -2.25. The average Bonchev–Trinajstić information content (AvgIpc) is 3.34. The number of nitrogens with zero attached hydrogens (tertiary/aromatic N) is 2. The standard InChI is InChI=1S/C22H24N2O3/c1-15-7-8-21-17(11-15)12-20(16(2)23-21)22(25)24(13-18-5-3-9-26-18)14-19-6-4-10-27-19/h3,5,7-9,11-12,19H,4,6,10,13-14H2,1-2H3. The van der Waals surface area contributed by atoms with Crippen LogP contribution in [0.25, 0.3) is 10.9 Å². The third kappa shape index (κ3) is 3.88. The van der Waals surface area contributed by atoms with Crippen molar-refractivity contribution < 1.29 is 13.9 Å². The van der Waals surface area contributed by atoms with Gasteiger partial charge in [-0.1, -0.05) is 11.6 Å². The maximum atomic E-state index is 13.4. The molecule has 3 aromatic rings. The summed E-state index contributed by atoms with van der Waals surface area (Å²) in [5.74, 6) is 0.735. The first-order valence-corrected chi connectivity index (χ1v) is 9.41. The minimum atomic E-state index is -0.0321. The van der Waals surface area contributed by atoms with E-state index in [1.807, 2.05) is 49.1 Å². The van der Waals surface area contributed by atoms with Crippen LogP contribution in [0.3, 0.4) is 0 Å². The maximum absolute atomic E-state index is 13.4. The molecular weight excluding hydrogens is 340 g/mol. The maximum Gasteiger partial charge on any atom is 0.256 e. The second kappa shape index (κ2) is 7.53. The van der Waals surface area contributed by atoms with Crippen LogP contribution in [0, 0.1) is 13.8 Å².